The van der Waals surface area contributed by atoms with Crippen LogP contribution in [0.1, 0.15) is 5.56 Å². The van der Waals surface area contributed by atoms with Gasteiger partial charge >= 0.3 is 0 Å². The van der Waals surface area contributed by atoms with Crippen LogP contribution in [0.15, 0.2) is 42.6 Å². The van der Waals surface area contributed by atoms with Gasteiger partial charge in [0.2, 0.25) is 5.88 Å². The van der Waals surface area contributed by atoms with Gasteiger partial charge in [0.15, 0.2) is 0 Å². The first kappa shape index (κ1) is 12.3. The average Bonchev–Trinajstić information content (AvgIpc) is 2.40. The molecular formula is C13H13N3OS. The van der Waals surface area contributed by atoms with E-state index in [1.807, 2.05) is 30.3 Å². The number of rotatable bonds is 4. The van der Waals surface area contributed by atoms with Crippen LogP contribution in [-0.2, 0) is 0 Å². The van der Waals surface area contributed by atoms with Crippen molar-refractivity contribution in [2.24, 2.45) is 5.73 Å². The lowest BCUT2D eigenvalue weighted by molar-refractivity contribution is 0.398. The summed E-state index contributed by atoms with van der Waals surface area (Å²) >= 11 is 4.90. The van der Waals surface area contributed by atoms with Crippen molar-refractivity contribution in [1.82, 2.24) is 4.98 Å². The number of methoxy groups -OCH3 is 1. The zero-order valence-corrected chi connectivity index (χ0v) is 10.7. The van der Waals surface area contributed by atoms with Gasteiger partial charge in [-0.2, -0.15) is 0 Å². The number of pyridine rings is 1. The third-order valence-electron chi connectivity index (χ3n) is 2.40. The molecule has 5 heteroatoms. The maximum Gasteiger partial charge on any atom is 0.213 e. The molecule has 2 rings (SSSR count). The van der Waals surface area contributed by atoms with Gasteiger partial charge in [-0.25, -0.2) is 4.98 Å². The van der Waals surface area contributed by atoms with Gasteiger partial charge in [-0.15, -0.1) is 0 Å². The Labute approximate surface area is 111 Å². The summed E-state index contributed by atoms with van der Waals surface area (Å²) in [6.45, 7) is 0. The van der Waals surface area contributed by atoms with Crippen LogP contribution in [-0.4, -0.2) is 17.1 Å². The molecule has 92 valence electrons. The van der Waals surface area contributed by atoms with E-state index in [2.05, 4.69) is 10.3 Å². The smallest absolute Gasteiger partial charge is 0.213 e. The van der Waals surface area contributed by atoms with Crippen molar-refractivity contribution in [3.05, 3.63) is 48.2 Å². The highest BCUT2D eigenvalue weighted by molar-refractivity contribution is 7.80. The molecule has 0 saturated heterocycles. The van der Waals surface area contributed by atoms with E-state index >= 15 is 0 Å². The number of nitrogens with two attached hydrogens (primary N) is 1. The number of ether oxygens (including phenoxy) is 1. The van der Waals surface area contributed by atoms with Gasteiger partial charge in [0.25, 0.3) is 0 Å². The van der Waals surface area contributed by atoms with Crippen molar-refractivity contribution in [3.8, 4) is 5.88 Å². The molecule has 4 nitrogen and oxygen atoms in total. The molecule has 0 aliphatic heterocycles. The molecule has 1 aromatic heterocycles. The van der Waals surface area contributed by atoms with Crippen molar-refractivity contribution >= 4 is 28.6 Å². The summed E-state index contributed by atoms with van der Waals surface area (Å²) in [6, 6.07) is 11.3. The van der Waals surface area contributed by atoms with Crippen LogP contribution in [0.3, 0.4) is 0 Å². The second-order valence-electron chi connectivity index (χ2n) is 3.66. The lowest BCUT2D eigenvalue weighted by Crippen LogP contribution is -2.08. The lowest BCUT2D eigenvalue weighted by atomic mass is 10.2. The van der Waals surface area contributed by atoms with Crippen LogP contribution >= 0.6 is 12.2 Å². The molecule has 0 aliphatic rings. The molecule has 0 fully saturated rings. The molecular weight excluding hydrogens is 246 g/mol. The summed E-state index contributed by atoms with van der Waals surface area (Å²) in [6.07, 6.45) is 1.71. The topological polar surface area (TPSA) is 60.2 Å². The molecule has 2 aromatic rings. The molecule has 0 radical (unpaired) electrons. The molecule has 0 spiro atoms. The number of aromatic nitrogens is 1. The summed E-state index contributed by atoms with van der Waals surface area (Å²) in [7, 11) is 1.59. The summed E-state index contributed by atoms with van der Waals surface area (Å²) < 4.78 is 4.99. The van der Waals surface area contributed by atoms with Crippen LogP contribution in [0.4, 0.5) is 11.4 Å². The zero-order valence-electron chi connectivity index (χ0n) is 9.88. The normalized spacial score (nSPS) is 9.83. The summed E-state index contributed by atoms with van der Waals surface area (Å²) in [5.74, 6) is 0.587. The van der Waals surface area contributed by atoms with Gasteiger partial charge in [-0.3, -0.25) is 0 Å². The highest BCUT2D eigenvalue weighted by Crippen LogP contribution is 2.18. The Bertz CT molecular complexity index is 537. The number of nitrogens with zero attached hydrogens (tertiary/aromatic N) is 1. The van der Waals surface area contributed by atoms with Gasteiger partial charge in [0.05, 0.1) is 19.0 Å². The van der Waals surface area contributed by atoms with Gasteiger partial charge in [-0.05, 0) is 30.3 Å². The van der Waals surface area contributed by atoms with Crippen LogP contribution < -0.4 is 15.8 Å². The van der Waals surface area contributed by atoms with E-state index in [1.54, 1.807) is 19.4 Å². The van der Waals surface area contributed by atoms with Gasteiger partial charge in [0.1, 0.15) is 4.99 Å². The maximum absolute atomic E-state index is 5.54. The van der Waals surface area contributed by atoms with Crippen molar-refractivity contribution in [2.45, 2.75) is 0 Å². The SMILES string of the molecule is COc1ccc(Nc2ccc(C(N)=S)cc2)cn1. The summed E-state index contributed by atoms with van der Waals surface area (Å²) in [5.41, 5.74) is 8.22. The Morgan fingerprint density at radius 3 is 2.33 bits per heavy atom. The lowest BCUT2D eigenvalue weighted by Gasteiger charge is -2.07. The molecule has 0 atom stereocenters. The fourth-order valence-corrected chi connectivity index (χ4v) is 1.60. The van der Waals surface area contributed by atoms with Crippen molar-refractivity contribution in [2.75, 3.05) is 12.4 Å². The summed E-state index contributed by atoms with van der Waals surface area (Å²) in [4.78, 5) is 4.51. The molecule has 18 heavy (non-hydrogen) atoms. The minimum absolute atomic E-state index is 0.396. The monoisotopic (exact) mass is 259 g/mol. The van der Waals surface area contributed by atoms with Gasteiger partial charge in [-0.1, -0.05) is 12.2 Å². The van der Waals surface area contributed by atoms with Gasteiger partial charge < -0.3 is 15.8 Å². The fourth-order valence-electron chi connectivity index (χ4n) is 1.46. The maximum atomic E-state index is 5.54. The number of nitrogens with one attached hydrogen (secondary N) is 1. The third-order valence-corrected chi connectivity index (χ3v) is 2.64. The van der Waals surface area contributed by atoms with E-state index in [0.717, 1.165) is 16.9 Å². The van der Waals surface area contributed by atoms with Crippen LogP contribution in [0.5, 0.6) is 5.88 Å². The highest BCUT2D eigenvalue weighted by atomic mass is 32.1. The second kappa shape index (κ2) is 5.46. The first-order valence-corrected chi connectivity index (χ1v) is 5.77. The molecule has 0 unspecified atom stereocenters. The van der Waals surface area contributed by atoms with Crippen LogP contribution in [0.25, 0.3) is 0 Å². The van der Waals surface area contributed by atoms with E-state index in [4.69, 9.17) is 22.7 Å². The molecule has 0 amide bonds. The van der Waals surface area contributed by atoms with E-state index < -0.39 is 0 Å². The molecule has 0 saturated carbocycles. The Hall–Kier alpha value is -2.14. The number of hydrogen-bond donors (Lipinski definition) is 2. The Morgan fingerprint density at radius 2 is 1.83 bits per heavy atom. The number of thiocarbonyl (C=S) groups is 1. The Kier molecular flexibility index (Phi) is 3.74. The second-order valence-corrected chi connectivity index (χ2v) is 4.10. The van der Waals surface area contributed by atoms with Gasteiger partial charge in [0, 0.05) is 17.3 Å². The fraction of sp³-hybridized carbons (Fsp3) is 0.0769. The molecule has 0 aliphatic carbocycles. The quantitative estimate of drug-likeness (QED) is 0.826. The Balaban J connectivity index is 2.10. The predicted molar refractivity (Wildman–Crippen MR) is 76.4 cm³/mol. The first-order valence-electron chi connectivity index (χ1n) is 5.36. The van der Waals surface area contributed by atoms with E-state index in [9.17, 15) is 0 Å². The van der Waals surface area contributed by atoms with Crippen LogP contribution in [0.2, 0.25) is 0 Å². The molecule has 1 aromatic carbocycles. The highest BCUT2D eigenvalue weighted by Gasteiger charge is 1.98. The third kappa shape index (κ3) is 2.95. The number of hydrogen-bond acceptors (Lipinski definition) is 4. The average molecular weight is 259 g/mol. The minimum atomic E-state index is 0.396. The van der Waals surface area contributed by atoms with E-state index in [1.165, 1.54) is 0 Å². The Morgan fingerprint density at radius 1 is 1.17 bits per heavy atom. The zero-order chi connectivity index (χ0) is 13.0. The predicted octanol–water partition coefficient (Wildman–Crippen LogP) is 2.47. The molecule has 3 N–H and O–H groups in total. The minimum Gasteiger partial charge on any atom is -0.481 e. The van der Waals surface area contributed by atoms with Crippen molar-refractivity contribution in [3.63, 3.8) is 0 Å². The standard InChI is InChI=1S/C13H13N3OS/c1-17-12-7-6-11(8-15-12)16-10-4-2-9(3-5-10)13(14)18/h2-8,16H,1H3,(H2,14,18). The van der Waals surface area contributed by atoms with Crippen LogP contribution in [0, 0.1) is 0 Å². The van der Waals surface area contributed by atoms with E-state index in [0.29, 0.717) is 10.9 Å². The van der Waals surface area contributed by atoms with Crippen molar-refractivity contribution < 1.29 is 4.74 Å². The number of anilines is 2. The van der Waals surface area contributed by atoms with Crippen molar-refractivity contribution in [1.29, 1.82) is 0 Å². The first-order chi connectivity index (χ1) is 8.69. The summed E-state index contributed by atoms with van der Waals surface area (Å²) in [5, 5.41) is 3.22. The number of benzene rings is 1. The molecule has 0 bridgehead atoms. The molecule has 1 heterocycles. The van der Waals surface area contributed by atoms with E-state index in [-0.39, 0.29) is 0 Å². The largest absolute Gasteiger partial charge is 0.481 e.